The van der Waals surface area contributed by atoms with Crippen LogP contribution in [0.25, 0.3) is 5.69 Å². The molecule has 1 N–H and O–H groups in total. The Bertz CT molecular complexity index is 1200. The van der Waals surface area contributed by atoms with E-state index in [2.05, 4.69) is 10.3 Å². The molecular weight excluding hydrogens is 414 g/mol. The first-order chi connectivity index (χ1) is 13.1. The number of hydrogen-bond donors (Lipinski definition) is 1. The fraction of sp³-hybridized carbons (Fsp3) is 0.118. The van der Waals surface area contributed by atoms with E-state index in [1.165, 1.54) is 11.6 Å². The van der Waals surface area contributed by atoms with Crippen LogP contribution in [-0.2, 0) is 10.0 Å². The third-order valence-corrected chi connectivity index (χ3v) is 5.52. The van der Waals surface area contributed by atoms with Crippen molar-refractivity contribution in [1.82, 2.24) is 19.7 Å². The molecule has 1 amide bonds. The van der Waals surface area contributed by atoms with Crippen LogP contribution in [-0.4, -0.2) is 29.3 Å². The summed E-state index contributed by atoms with van der Waals surface area (Å²) in [5.74, 6) is -3.39. The number of rotatable bonds is 4. The van der Waals surface area contributed by atoms with Gasteiger partial charge in [0.1, 0.15) is 16.5 Å². The maximum atomic E-state index is 13.8. The number of carbonyl (C=O) groups is 1. The van der Waals surface area contributed by atoms with Gasteiger partial charge in [-0.15, -0.1) is 5.10 Å². The number of halogens is 3. The van der Waals surface area contributed by atoms with E-state index in [4.69, 9.17) is 11.6 Å². The minimum Gasteiger partial charge on any atom is -0.266 e. The molecule has 0 aliphatic rings. The smallest absolute Gasteiger partial charge is 0.266 e. The molecule has 28 heavy (non-hydrogen) atoms. The largest absolute Gasteiger partial charge is 0.287 e. The minimum absolute atomic E-state index is 0.220. The van der Waals surface area contributed by atoms with Crippen LogP contribution in [0, 0.1) is 25.5 Å². The van der Waals surface area contributed by atoms with Crippen molar-refractivity contribution in [1.29, 1.82) is 0 Å². The first-order valence-electron chi connectivity index (χ1n) is 7.81. The monoisotopic (exact) mass is 426 g/mol. The lowest BCUT2D eigenvalue weighted by atomic mass is 10.2. The fourth-order valence-electron chi connectivity index (χ4n) is 2.47. The van der Waals surface area contributed by atoms with Gasteiger partial charge in [-0.1, -0.05) is 22.9 Å². The van der Waals surface area contributed by atoms with Gasteiger partial charge in [-0.3, -0.25) is 4.79 Å². The molecule has 2 aromatic carbocycles. The van der Waals surface area contributed by atoms with Crippen LogP contribution in [0.5, 0.6) is 0 Å². The number of nitrogens with one attached hydrogen (secondary N) is 1. The van der Waals surface area contributed by atoms with Crippen molar-refractivity contribution in [2.24, 2.45) is 0 Å². The molecule has 0 fully saturated rings. The molecule has 3 aromatic rings. The molecule has 0 bridgehead atoms. The first kappa shape index (κ1) is 19.9. The summed E-state index contributed by atoms with van der Waals surface area (Å²) in [6.07, 6.45) is 0. The Morgan fingerprint density at radius 1 is 1.14 bits per heavy atom. The molecule has 7 nitrogen and oxygen atoms in total. The summed E-state index contributed by atoms with van der Waals surface area (Å²) in [7, 11) is -4.59. The van der Waals surface area contributed by atoms with Crippen molar-refractivity contribution >= 4 is 27.5 Å². The number of sulfonamides is 1. The van der Waals surface area contributed by atoms with Crippen molar-refractivity contribution in [3.63, 3.8) is 0 Å². The lowest BCUT2D eigenvalue weighted by molar-refractivity contribution is 0.0976. The van der Waals surface area contributed by atoms with Gasteiger partial charge in [-0.05, 0) is 43.7 Å². The Morgan fingerprint density at radius 2 is 1.86 bits per heavy atom. The van der Waals surface area contributed by atoms with Gasteiger partial charge in [0.15, 0.2) is 5.69 Å². The van der Waals surface area contributed by atoms with Gasteiger partial charge in [-0.25, -0.2) is 26.6 Å². The normalized spacial score (nSPS) is 11.5. The molecule has 1 aromatic heterocycles. The van der Waals surface area contributed by atoms with E-state index in [1.54, 1.807) is 22.9 Å². The second-order valence-electron chi connectivity index (χ2n) is 5.90. The molecule has 3 rings (SSSR count). The zero-order valence-electron chi connectivity index (χ0n) is 14.6. The zero-order chi connectivity index (χ0) is 20.6. The van der Waals surface area contributed by atoms with E-state index in [9.17, 15) is 22.0 Å². The van der Waals surface area contributed by atoms with Gasteiger partial charge in [-0.2, -0.15) is 0 Å². The number of benzene rings is 2. The van der Waals surface area contributed by atoms with E-state index >= 15 is 0 Å². The summed E-state index contributed by atoms with van der Waals surface area (Å²) < 4.78 is 54.2. The van der Waals surface area contributed by atoms with Crippen LogP contribution in [0.1, 0.15) is 21.7 Å². The number of aromatic nitrogens is 3. The Balaban J connectivity index is 1.92. The van der Waals surface area contributed by atoms with E-state index in [1.807, 2.05) is 6.92 Å². The summed E-state index contributed by atoms with van der Waals surface area (Å²) in [5, 5.41) is 7.89. The van der Waals surface area contributed by atoms with Crippen LogP contribution in [0.15, 0.2) is 41.3 Å². The van der Waals surface area contributed by atoms with Gasteiger partial charge < -0.3 is 0 Å². The van der Waals surface area contributed by atoms with E-state index in [0.717, 1.165) is 17.7 Å². The number of hydrogen-bond acceptors (Lipinski definition) is 5. The molecule has 0 aliphatic carbocycles. The number of nitrogens with zero attached hydrogens (tertiary/aromatic N) is 3. The highest BCUT2D eigenvalue weighted by Gasteiger charge is 2.26. The summed E-state index contributed by atoms with van der Waals surface area (Å²) >= 11 is 6.18. The molecule has 0 saturated heterocycles. The Morgan fingerprint density at radius 3 is 2.50 bits per heavy atom. The van der Waals surface area contributed by atoms with Crippen molar-refractivity contribution in [3.8, 4) is 5.69 Å². The van der Waals surface area contributed by atoms with Crippen LogP contribution in [0.2, 0.25) is 5.02 Å². The first-order valence-corrected chi connectivity index (χ1v) is 9.67. The predicted octanol–water partition coefficient (Wildman–Crippen LogP) is 2.93. The number of carbonyl (C=O) groups excluding carboxylic acids is 1. The second-order valence-corrected chi connectivity index (χ2v) is 7.96. The molecule has 11 heteroatoms. The van der Waals surface area contributed by atoms with Crippen LogP contribution < -0.4 is 4.72 Å². The third kappa shape index (κ3) is 3.73. The summed E-state index contributed by atoms with van der Waals surface area (Å²) in [6.45, 7) is 3.35. The zero-order valence-corrected chi connectivity index (χ0v) is 16.1. The molecule has 1 heterocycles. The molecule has 0 saturated carbocycles. The molecule has 0 unspecified atom stereocenters. The summed E-state index contributed by atoms with van der Waals surface area (Å²) in [5.41, 5.74) is 1.29. The van der Waals surface area contributed by atoms with Crippen molar-refractivity contribution in [2.45, 2.75) is 18.7 Å². The maximum absolute atomic E-state index is 13.8. The van der Waals surface area contributed by atoms with Crippen LogP contribution in [0.4, 0.5) is 8.78 Å². The molecule has 0 spiro atoms. The standard InChI is InChI=1S/C17H13ClF2N4O3S/c1-9-3-5-14(12(18)7-9)24-10(2)16(21-23-24)17(25)22-28(26,27)15-6-4-11(19)8-13(15)20/h3-8H,1-2H3,(H,22,25). The highest BCUT2D eigenvalue weighted by Crippen LogP contribution is 2.23. The van der Waals surface area contributed by atoms with Crippen molar-refractivity contribution in [2.75, 3.05) is 0 Å². The van der Waals surface area contributed by atoms with E-state index in [0.29, 0.717) is 16.8 Å². The quantitative estimate of drug-likeness (QED) is 0.692. The molecule has 146 valence electrons. The maximum Gasteiger partial charge on any atom is 0.287 e. The van der Waals surface area contributed by atoms with Gasteiger partial charge in [0.2, 0.25) is 0 Å². The minimum atomic E-state index is -4.59. The molecular formula is C17H13ClF2N4O3S. The number of aryl methyl sites for hydroxylation is 1. The lowest BCUT2D eigenvalue weighted by Crippen LogP contribution is -2.32. The number of amides is 1. The molecule has 0 aliphatic heterocycles. The predicted molar refractivity (Wildman–Crippen MR) is 96.9 cm³/mol. The van der Waals surface area contributed by atoms with Crippen molar-refractivity contribution in [3.05, 3.63) is 70.0 Å². The van der Waals surface area contributed by atoms with Crippen molar-refractivity contribution < 1.29 is 22.0 Å². The van der Waals surface area contributed by atoms with Gasteiger partial charge >= 0.3 is 0 Å². The highest BCUT2D eigenvalue weighted by molar-refractivity contribution is 7.90. The summed E-state index contributed by atoms with van der Waals surface area (Å²) in [6, 6.07) is 7.04. The molecule has 0 atom stereocenters. The Hall–Kier alpha value is -2.85. The average molecular weight is 427 g/mol. The average Bonchev–Trinajstić information content (AvgIpc) is 2.95. The second kappa shape index (κ2) is 7.28. The molecule has 0 radical (unpaired) electrons. The van der Waals surface area contributed by atoms with Gasteiger partial charge in [0.05, 0.1) is 16.4 Å². The topological polar surface area (TPSA) is 93.9 Å². The fourth-order valence-corrected chi connectivity index (χ4v) is 3.80. The summed E-state index contributed by atoms with van der Waals surface area (Å²) in [4.78, 5) is 11.5. The SMILES string of the molecule is Cc1ccc(-n2nnc(C(=O)NS(=O)(=O)c3ccc(F)cc3F)c2C)c(Cl)c1. The van der Waals surface area contributed by atoms with Crippen LogP contribution >= 0.6 is 11.6 Å². The van der Waals surface area contributed by atoms with Gasteiger partial charge in [0.25, 0.3) is 15.9 Å². The highest BCUT2D eigenvalue weighted by atomic mass is 35.5. The lowest BCUT2D eigenvalue weighted by Gasteiger charge is -2.08. The third-order valence-electron chi connectivity index (χ3n) is 3.85. The van der Waals surface area contributed by atoms with E-state index < -0.39 is 32.5 Å². The Labute approximate surface area is 164 Å². The van der Waals surface area contributed by atoms with Gasteiger partial charge in [0, 0.05) is 6.07 Å². The van der Waals surface area contributed by atoms with E-state index in [-0.39, 0.29) is 11.4 Å². The Kier molecular flexibility index (Phi) is 5.18. The van der Waals surface area contributed by atoms with Crippen LogP contribution in [0.3, 0.4) is 0 Å².